The van der Waals surface area contributed by atoms with Crippen LogP contribution in [0.3, 0.4) is 0 Å². The van der Waals surface area contributed by atoms with Crippen LogP contribution in [-0.2, 0) is 4.74 Å². The van der Waals surface area contributed by atoms with Gasteiger partial charge >= 0.3 is 5.97 Å². The Morgan fingerprint density at radius 2 is 2.19 bits per heavy atom. The van der Waals surface area contributed by atoms with Gasteiger partial charge in [0.25, 0.3) is 0 Å². The normalized spacial score (nSPS) is 21.3. The van der Waals surface area contributed by atoms with Crippen LogP contribution in [0.15, 0.2) is 30.5 Å². The van der Waals surface area contributed by atoms with Crippen LogP contribution in [0.25, 0.3) is 10.9 Å². The Kier molecular flexibility index (Phi) is 3.41. The first-order chi connectivity index (χ1) is 9.96. The van der Waals surface area contributed by atoms with Crippen molar-refractivity contribution < 1.29 is 14.6 Å². The SMILES string of the molecule is CC1(C)CC(c2ccc3nccc(C(=O)O)c3c2)CCO1. The third-order valence-corrected chi connectivity index (χ3v) is 4.16. The van der Waals surface area contributed by atoms with E-state index < -0.39 is 5.97 Å². The van der Waals surface area contributed by atoms with Crippen molar-refractivity contribution in [2.45, 2.75) is 38.2 Å². The largest absolute Gasteiger partial charge is 0.478 e. The first kappa shape index (κ1) is 14.0. The molecule has 0 amide bonds. The van der Waals surface area contributed by atoms with E-state index in [4.69, 9.17) is 4.74 Å². The summed E-state index contributed by atoms with van der Waals surface area (Å²) in [5.41, 5.74) is 2.09. The summed E-state index contributed by atoms with van der Waals surface area (Å²) < 4.78 is 5.76. The highest BCUT2D eigenvalue weighted by Gasteiger charge is 2.29. The van der Waals surface area contributed by atoms with Crippen molar-refractivity contribution >= 4 is 16.9 Å². The summed E-state index contributed by atoms with van der Waals surface area (Å²) >= 11 is 0. The second-order valence-electron chi connectivity index (χ2n) is 6.24. The molecule has 4 heteroatoms. The van der Waals surface area contributed by atoms with Gasteiger partial charge in [-0.05, 0) is 56.4 Å². The molecule has 1 atom stereocenters. The van der Waals surface area contributed by atoms with Gasteiger partial charge in [0.15, 0.2) is 0 Å². The molecule has 1 N–H and O–H groups in total. The molecule has 4 nitrogen and oxygen atoms in total. The van der Waals surface area contributed by atoms with Gasteiger partial charge in [-0.25, -0.2) is 4.79 Å². The van der Waals surface area contributed by atoms with E-state index in [-0.39, 0.29) is 5.60 Å². The summed E-state index contributed by atoms with van der Waals surface area (Å²) in [4.78, 5) is 15.6. The molecule has 0 bridgehead atoms. The van der Waals surface area contributed by atoms with Crippen molar-refractivity contribution in [3.8, 4) is 0 Å². The lowest BCUT2D eigenvalue weighted by Crippen LogP contribution is -2.32. The molecule has 21 heavy (non-hydrogen) atoms. The number of benzene rings is 1. The van der Waals surface area contributed by atoms with E-state index in [1.807, 2.05) is 12.1 Å². The van der Waals surface area contributed by atoms with Gasteiger partial charge < -0.3 is 9.84 Å². The quantitative estimate of drug-likeness (QED) is 0.915. The van der Waals surface area contributed by atoms with Gasteiger partial charge in [0.1, 0.15) is 0 Å². The summed E-state index contributed by atoms with van der Waals surface area (Å²) in [6, 6.07) is 7.52. The third-order valence-electron chi connectivity index (χ3n) is 4.16. The summed E-state index contributed by atoms with van der Waals surface area (Å²) in [7, 11) is 0. The zero-order chi connectivity index (χ0) is 15.0. The van der Waals surface area contributed by atoms with E-state index >= 15 is 0 Å². The molecule has 0 aliphatic carbocycles. The molecule has 1 aromatic heterocycles. The molecule has 1 aliphatic heterocycles. The second-order valence-corrected chi connectivity index (χ2v) is 6.24. The number of aromatic nitrogens is 1. The monoisotopic (exact) mass is 285 g/mol. The average molecular weight is 285 g/mol. The Bertz CT molecular complexity index is 693. The van der Waals surface area contributed by atoms with Gasteiger partial charge in [-0.2, -0.15) is 0 Å². The molecule has 110 valence electrons. The van der Waals surface area contributed by atoms with E-state index in [0.717, 1.165) is 25.0 Å². The lowest BCUT2D eigenvalue weighted by atomic mass is 9.83. The number of ether oxygens (including phenoxy) is 1. The predicted octanol–water partition coefficient (Wildman–Crippen LogP) is 3.61. The van der Waals surface area contributed by atoms with Crippen LogP contribution in [0, 0.1) is 0 Å². The molecule has 1 unspecified atom stereocenters. The topological polar surface area (TPSA) is 59.4 Å². The van der Waals surface area contributed by atoms with Crippen LogP contribution in [0.1, 0.15) is 48.5 Å². The number of pyridine rings is 1. The Labute approximate surface area is 123 Å². The lowest BCUT2D eigenvalue weighted by molar-refractivity contribution is -0.0592. The predicted molar refractivity (Wildman–Crippen MR) is 80.7 cm³/mol. The van der Waals surface area contributed by atoms with Crippen molar-refractivity contribution in [3.63, 3.8) is 0 Å². The molecule has 1 saturated heterocycles. The van der Waals surface area contributed by atoms with Crippen LogP contribution in [0.4, 0.5) is 0 Å². The van der Waals surface area contributed by atoms with Gasteiger partial charge in [-0.3, -0.25) is 4.98 Å². The summed E-state index contributed by atoms with van der Waals surface area (Å²) in [5.74, 6) is -0.508. The molecule has 2 aromatic rings. The molecule has 1 fully saturated rings. The zero-order valence-electron chi connectivity index (χ0n) is 12.3. The second kappa shape index (κ2) is 5.11. The smallest absolute Gasteiger partial charge is 0.336 e. The number of carboxylic acids is 1. The number of fused-ring (bicyclic) bond motifs is 1. The molecule has 0 saturated carbocycles. The van der Waals surface area contributed by atoms with Crippen LogP contribution >= 0.6 is 0 Å². The first-order valence-corrected chi connectivity index (χ1v) is 7.22. The van der Waals surface area contributed by atoms with E-state index in [0.29, 0.717) is 16.9 Å². The van der Waals surface area contributed by atoms with Crippen molar-refractivity contribution in [3.05, 3.63) is 41.6 Å². The number of hydrogen-bond donors (Lipinski definition) is 1. The van der Waals surface area contributed by atoms with E-state index in [9.17, 15) is 9.90 Å². The number of carboxylic acid groups (broad SMARTS) is 1. The standard InChI is InChI=1S/C17H19NO3/c1-17(2)10-12(6-8-21-17)11-3-4-15-14(9-11)13(16(19)20)5-7-18-15/h3-5,7,9,12H,6,8,10H2,1-2H3,(H,19,20). The highest BCUT2D eigenvalue weighted by atomic mass is 16.5. The van der Waals surface area contributed by atoms with Crippen LogP contribution < -0.4 is 0 Å². The van der Waals surface area contributed by atoms with Gasteiger partial charge in [0.05, 0.1) is 16.7 Å². The van der Waals surface area contributed by atoms with Crippen molar-refractivity contribution in [2.75, 3.05) is 6.61 Å². The van der Waals surface area contributed by atoms with Crippen molar-refractivity contribution in [2.24, 2.45) is 0 Å². The van der Waals surface area contributed by atoms with E-state index in [1.54, 1.807) is 12.3 Å². The third kappa shape index (κ3) is 2.76. The van der Waals surface area contributed by atoms with Gasteiger partial charge in [0.2, 0.25) is 0 Å². The van der Waals surface area contributed by atoms with Crippen LogP contribution in [0.2, 0.25) is 0 Å². The number of aromatic carboxylic acids is 1. The maximum Gasteiger partial charge on any atom is 0.336 e. The van der Waals surface area contributed by atoms with Crippen molar-refractivity contribution in [1.29, 1.82) is 0 Å². The Morgan fingerprint density at radius 1 is 1.38 bits per heavy atom. The molecule has 0 spiro atoms. The Hall–Kier alpha value is -1.94. The number of nitrogens with zero attached hydrogens (tertiary/aromatic N) is 1. The Balaban J connectivity index is 2.04. The fraction of sp³-hybridized carbons (Fsp3) is 0.412. The average Bonchev–Trinajstić information content (AvgIpc) is 2.44. The van der Waals surface area contributed by atoms with E-state index in [2.05, 4.69) is 24.9 Å². The summed E-state index contributed by atoms with van der Waals surface area (Å²) in [6.45, 7) is 4.95. The summed E-state index contributed by atoms with van der Waals surface area (Å²) in [5, 5.41) is 10.0. The molecule has 2 heterocycles. The molecule has 3 rings (SSSR count). The van der Waals surface area contributed by atoms with Gasteiger partial charge in [-0.1, -0.05) is 6.07 Å². The zero-order valence-corrected chi connectivity index (χ0v) is 12.3. The number of carbonyl (C=O) groups is 1. The van der Waals surface area contributed by atoms with Crippen LogP contribution in [-0.4, -0.2) is 28.3 Å². The van der Waals surface area contributed by atoms with Gasteiger partial charge in [0, 0.05) is 18.2 Å². The summed E-state index contributed by atoms with van der Waals surface area (Å²) in [6.07, 6.45) is 3.46. The van der Waals surface area contributed by atoms with Gasteiger partial charge in [-0.15, -0.1) is 0 Å². The number of rotatable bonds is 2. The highest BCUT2D eigenvalue weighted by Crippen LogP contribution is 2.36. The fourth-order valence-electron chi connectivity index (χ4n) is 3.12. The minimum atomic E-state index is -0.910. The Morgan fingerprint density at radius 3 is 2.90 bits per heavy atom. The fourth-order valence-corrected chi connectivity index (χ4v) is 3.12. The molecule has 1 aromatic carbocycles. The highest BCUT2D eigenvalue weighted by molar-refractivity contribution is 6.02. The lowest BCUT2D eigenvalue weighted by Gasteiger charge is -2.35. The van der Waals surface area contributed by atoms with Crippen molar-refractivity contribution in [1.82, 2.24) is 4.98 Å². The minimum absolute atomic E-state index is 0.123. The number of hydrogen-bond acceptors (Lipinski definition) is 3. The molecule has 0 radical (unpaired) electrons. The molecular formula is C17H19NO3. The minimum Gasteiger partial charge on any atom is -0.478 e. The molecular weight excluding hydrogens is 266 g/mol. The maximum absolute atomic E-state index is 11.4. The van der Waals surface area contributed by atoms with E-state index in [1.165, 1.54) is 5.56 Å². The molecule has 1 aliphatic rings. The van der Waals surface area contributed by atoms with Crippen LogP contribution in [0.5, 0.6) is 0 Å². The first-order valence-electron chi connectivity index (χ1n) is 7.22. The maximum atomic E-state index is 11.4.